The average Bonchev–Trinajstić information content (AvgIpc) is 2.48. The Morgan fingerprint density at radius 2 is 2.29 bits per heavy atom. The highest BCUT2D eigenvalue weighted by molar-refractivity contribution is 5.37. The van der Waals surface area contributed by atoms with E-state index in [2.05, 4.69) is 11.4 Å². The average molecular weight is 295 g/mol. The van der Waals surface area contributed by atoms with Crippen LogP contribution in [0.5, 0.6) is 5.75 Å². The fourth-order valence-corrected chi connectivity index (χ4v) is 1.96. The van der Waals surface area contributed by atoms with E-state index in [0.717, 1.165) is 12.1 Å². The van der Waals surface area contributed by atoms with Crippen molar-refractivity contribution in [1.29, 1.82) is 5.26 Å². The maximum Gasteiger partial charge on any atom is 0.305 e. The molecule has 114 valence electrons. The number of benzene rings is 1. The highest BCUT2D eigenvalue weighted by atomic mass is 19.1. The molecule has 1 unspecified atom stereocenters. The number of nitro benzene ring substituents is 1. The molecule has 6 nitrogen and oxygen atoms in total. The SMILES string of the molecule is CCC(C#N)(CCCOc1ccc([N+](=O)[O-])c(F)c1)NC. The molecule has 0 aromatic heterocycles. The van der Waals surface area contributed by atoms with E-state index in [1.165, 1.54) is 6.07 Å². The first-order valence-electron chi connectivity index (χ1n) is 6.65. The van der Waals surface area contributed by atoms with E-state index in [1.807, 2.05) is 6.92 Å². The number of nitrogens with one attached hydrogen (secondary N) is 1. The van der Waals surface area contributed by atoms with Crippen LogP contribution in [0.3, 0.4) is 0 Å². The summed E-state index contributed by atoms with van der Waals surface area (Å²) >= 11 is 0. The van der Waals surface area contributed by atoms with Crippen molar-refractivity contribution in [2.24, 2.45) is 0 Å². The zero-order chi connectivity index (χ0) is 15.9. The molecular formula is C14H18FN3O3. The summed E-state index contributed by atoms with van der Waals surface area (Å²) in [5.74, 6) is -0.686. The van der Waals surface area contributed by atoms with Crippen LogP contribution >= 0.6 is 0 Å². The van der Waals surface area contributed by atoms with Crippen LogP contribution in [0.25, 0.3) is 0 Å². The van der Waals surface area contributed by atoms with Crippen molar-refractivity contribution >= 4 is 5.69 Å². The van der Waals surface area contributed by atoms with Gasteiger partial charge in [-0.25, -0.2) is 0 Å². The third-order valence-corrected chi connectivity index (χ3v) is 3.43. The second-order valence-electron chi connectivity index (χ2n) is 4.62. The van der Waals surface area contributed by atoms with Gasteiger partial charge in [0.2, 0.25) is 5.82 Å². The van der Waals surface area contributed by atoms with Crippen molar-refractivity contribution in [3.05, 3.63) is 34.1 Å². The topological polar surface area (TPSA) is 88.2 Å². The van der Waals surface area contributed by atoms with E-state index < -0.39 is 22.0 Å². The summed E-state index contributed by atoms with van der Waals surface area (Å²) in [6.45, 7) is 2.23. The molecule has 0 saturated heterocycles. The Labute approximate surface area is 122 Å². The molecule has 0 fully saturated rings. The standard InChI is InChI=1S/C14H18FN3O3/c1-3-14(10-16,17-2)7-4-8-21-11-5-6-13(18(19)20)12(15)9-11/h5-6,9,17H,3-4,7-8H2,1-2H3. The number of halogens is 1. The lowest BCUT2D eigenvalue weighted by Crippen LogP contribution is -2.41. The van der Waals surface area contributed by atoms with E-state index in [1.54, 1.807) is 7.05 Å². The lowest BCUT2D eigenvalue weighted by atomic mass is 9.92. The molecule has 1 aromatic carbocycles. The van der Waals surface area contributed by atoms with Gasteiger partial charge >= 0.3 is 5.69 Å². The van der Waals surface area contributed by atoms with Crippen molar-refractivity contribution in [2.75, 3.05) is 13.7 Å². The second kappa shape index (κ2) is 7.55. The predicted octanol–water partition coefficient (Wildman–Crippen LogP) is 2.78. The third-order valence-electron chi connectivity index (χ3n) is 3.43. The summed E-state index contributed by atoms with van der Waals surface area (Å²) in [6.07, 6.45) is 1.89. The zero-order valence-electron chi connectivity index (χ0n) is 12.1. The highest BCUT2D eigenvalue weighted by Gasteiger charge is 2.24. The molecule has 7 heteroatoms. The van der Waals surface area contributed by atoms with Crippen molar-refractivity contribution in [2.45, 2.75) is 31.7 Å². The molecular weight excluding hydrogens is 277 g/mol. The smallest absolute Gasteiger partial charge is 0.305 e. The van der Waals surface area contributed by atoms with E-state index in [0.29, 0.717) is 25.9 Å². The number of hydrogen-bond acceptors (Lipinski definition) is 5. The first-order valence-corrected chi connectivity index (χ1v) is 6.65. The summed E-state index contributed by atoms with van der Waals surface area (Å²) < 4.78 is 18.7. The van der Waals surface area contributed by atoms with Crippen LogP contribution in [0.15, 0.2) is 18.2 Å². The minimum absolute atomic E-state index is 0.238. The van der Waals surface area contributed by atoms with Crippen LogP contribution in [0.1, 0.15) is 26.2 Å². The van der Waals surface area contributed by atoms with Gasteiger partial charge in [0.05, 0.1) is 17.6 Å². The number of nitrogens with zero attached hydrogens (tertiary/aromatic N) is 2. The van der Waals surface area contributed by atoms with Gasteiger partial charge in [-0.2, -0.15) is 9.65 Å². The quantitative estimate of drug-likeness (QED) is 0.452. The molecule has 0 amide bonds. The molecule has 1 N–H and O–H groups in total. The molecule has 0 aliphatic rings. The highest BCUT2D eigenvalue weighted by Crippen LogP contribution is 2.23. The minimum Gasteiger partial charge on any atom is -0.493 e. The van der Waals surface area contributed by atoms with Gasteiger partial charge in [-0.1, -0.05) is 6.92 Å². The van der Waals surface area contributed by atoms with Gasteiger partial charge in [0.25, 0.3) is 0 Å². The maximum absolute atomic E-state index is 13.4. The van der Waals surface area contributed by atoms with Crippen LogP contribution in [0.2, 0.25) is 0 Å². The number of nitriles is 1. The van der Waals surface area contributed by atoms with Crippen LogP contribution < -0.4 is 10.1 Å². The summed E-state index contributed by atoms with van der Waals surface area (Å²) in [4.78, 5) is 9.71. The first kappa shape index (κ1) is 16.9. The van der Waals surface area contributed by atoms with Gasteiger partial charge in [0, 0.05) is 12.1 Å². The van der Waals surface area contributed by atoms with Gasteiger partial charge in [0.1, 0.15) is 11.3 Å². The molecule has 1 rings (SSSR count). The Morgan fingerprint density at radius 1 is 1.57 bits per heavy atom. The van der Waals surface area contributed by atoms with Crippen LogP contribution in [0.4, 0.5) is 10.1 Å². The summed E-state index contributed by atoms with van der Waals surface area (Å²) in [7, 11) is 1.74. The van der Waals surface area contributed by atoms with Gasteiger partial charge in [0.15, 0.2) is 0 Å². The Morgan fingerprint density at radius 3 is 2.76 bits per heavy atom. The molecule has 21 heavy (non-hydrogen) atoms. The molecule has 0 aliphatic heterocycles. The summed E-state index contributed by atoms with van der Waals surface area (Å²) in [5.41, 5.74) is -1.16. The fourth-order valence-electron chi connectivity index (χ4n) is 1.96. The summed E-state index contributed by atoms with van der Waals surface area (Å²) in [6, 6.07) is 5.67. The minimum atomic E-state index is -0.923. The Hall–Kier alpha value is -2.20. The fraction of sp³-hybridized carbons (Fsp3) is 0.500. The van der Waals surface area contributed by atoms with Crippen molar-refractivity contribution in [3.63, 3.8) is 0 Å². The van der Waals surface area contributed by atoms with Gasteiger partial charge in [-0.15, -0.1) is 0 Å². The van der Waals surface area contributed by atoms with Crippen molar-refractivity contribution in [3.8, 4) is 11.8 Å². The lowest BCUT2D eigenvalue weighted by Gasteiger charge is -2.24. The molecule has 0 spiro atoms. The van der Waals surface area contributed by atoms with Crippen molar-refractivity contribution < 1.29 is 14.1 Å². The zero-order valence-corrected chi connectivity index (χ0v) is 12.1. The normalized spacial score (nSPS) is 13.2. The number of hydrogen-bond donors (Lipinski definition) is 1. The van der Waals surface area contributed by atoms with E-state index in [9.17, 15) is 14.5 Å². The van der Waals surface area contributed by atoms with Crippen molar-refractivity contribution in [1.82, 2.24) is 5.32 Å². The van der Waals surface area contributed by atoms with Crippen LogP contribution in [-0.2, 0) is 0 Å². The Balaban J connectivity index is 2.52. The van der Waals surface area contributed by atoms with E-state index in [4.69, 9.17) is 10.00 Å². The molecule has 0 saturated carbocycles. The monoisotopic (exact) mass is 295 g/mol. The number of nitro groups is 1. The maximum atomic E-state index is 13.4. The summed E-state index contributed by atoms with van der Waals surface area (Å²) in [5, 5.41) is 22.6. The molecule has 1 aromatic rings. The number of rotatable bonds is 8. The molecule has 0 heterocycles. The molecule has 0 bridgehead atoms. The third kappa shape index (κ3) is 4.39. The predicted molar refractivity (Wildman–Crippen MR) is 75.5 cm³/mol. The number of ether oxygens (including phenoxy) is 1. The largest absolute Gasteiger partial charge is 0.493 e. The van der Waals surface area contributed by atoms with Crippen LogP contribution in [0, 0.1) is 27.3 Å². The van der Waals surface area contributed by atoms with Crippen LogP contribution in [-0.4, -0.2) is 24.1 Å². The van der Waals surface area contributed by atoms with E-state index in [-0.39, 0.29) is 5.75 Å². The van der Waals surface area contributed by atoms with E-state index >= 15 is 0 Å². The second-order valence-corrected chi connectivity index (χ2v) is 4.62. The lowest BCUT2D eigenvalue weighted by molar-refractivity contribution is -0.387. The van der Waals surface area contributed by atoms with Gasteiger partial charge in [-0.05, 0) is 32.4 Å². The molecule has 1 atom stereocenters. The van der Waals surface area contributed by atoms with Gasteiger partial charge < -0.3 is 10.1 Å². The molecule has 0 radical (unpaired) electrons. The Bertz CT molecular complexity index is 539. The van der Waals surface area contributed by atoms with Gasteiger partial charge in [-0.3, -0.25) is 10.1 Å². The molecule has 0 aliphatic carbocycles. The first-order chi connectivity index (χ1) is 9.98. The Kier molecular flexibility index (Phi) is 6.06.